The van der Waals surface area contributed by atoms with Crippen LogP contribution in [-0.4, -0.2) is 17.0 Å². The van der Waals surface area contributed by atoms with Gasteiger partial charge in [0.15, 0.2) is 0 Å². The van der Waals surface area contributed by atoms with Crippen molar-refractivity contribution in [1.82, 2.24) is 5.48 Å². The van der Waals surface area contributed by atoms with Gasteiger partial charge in [-0.15, -0.1) is 0 Å². The molecule has 1 aliphatic heterocycles. The van der Waals surface area contributed by atoms with Crippen LogP contribution < -0.4 is 10.4 Å². The van der Waals surface area contributed by atoms with E-state index in [2.05, 4.69) is 0 Å². The second-order valence-corrected chi connectivity index (χ2v) is 5.12. The summed E-state index contributed by atoms with van der Waals surface area (Å²) in [6.07, 6.45) is 0. The molecule has 5 nitrogen and oxygen atoms in total. The van der Waals surface area contributed by atoms with Gasteiger partial charge in [0.25, 0.3) is 5.91 Å². The first-order chi connectivity index (χ1) is 10.9. The van der Waals surface area contributed by atoms with Crippen LogP contribution in [0.15, 0.2) is 48.5 Å². The van der Waals surface area contributed by atoms with E-state index in [1.54, 1.807) is 18.2 Å². The van der Waals surface area contributed by atoms with Crippen molar-refractivity contribution in [1.29, 1.82) is 0 Å². The van der Waals surface area contributed by atoms with Crippen molar-refractivity contribution < 1.29 is 23.6 Å². The van der Waals surface area contributed by atoms with Crippen LogP contribution in [0, 0.1) is 0 Å². The normalized spacial score (nSPS) is 15.4. The molecule has 0 saturated heterocycles. The summed E-state index contributed by atoms with van der Waals surface area (Å²) in [4.78, 5) is 24.4. The molecule has 0 atom stereocenters. The van der Waals surface area contributed by atoms with Gasteiger partial charge in [0, 0.05) is 5.56 Å². The van der Waals surface area contributed by atoms with Gasteiger partial charge in [-0.3, -0.25) is 14.8 Å². The Morgan fingerprint density at radius 1 is 1.17 bits per heavy atom. The number of nitrogens with zero attached hydrogens (tertiary/aromatic N) is 1. The average Bonchev–Trinajstić information content (AvgIpc) is 2.76. The molecule has 2 aromatic carbocycles. The molecular formula is C16H12F2N2O3. The number of rotatable bonds is 3. The highest BCUT2D eigenvalue weighted by molar-refractivity contribution is 6.05. The molecule has 1 heterocycles. The Morgan fingerprint density at radius 3 is 2.65 bits per heavy atom. The van der Waals surface area contributed by atoms with Crippen molar-refractivity contribution in [3.05, 3.63) is 65.2 Å². The summed E-state index contributed by atoms with van der Waals surface area (Å²) in [5.41, 5.74) is 1.98. The number of alkyl halides is 2. The lowest BCUT2D eigenvalue weighted by molar-refractivity contribution is -0.141. The fraction of sp³-hybridized carbons (Fsp3) is 0.125. The first-order valence-electron chi connectivity index (χ1n) is 6.78. The number of carbonyl (C=O) groups excluding carboxylic acids is 2. The number of carbonyl (C=O) groups is 2. The van der Waals surface area contributed by atoms with E-state index >= 15 is 0 Å². The molecule has 2 amide bonds. The predicted molar refractivity (Wildman–Crippen MR) is 77.2 cm³/mol. The molecule has 0 aromatic heterocycles. The highest BCUT2D eigenvalue weighted by Gasteiger charge is 2.52. The maximum Gasteiger partial charge on any atom is 0.352 e. The van der Waals surface area contributed by atoms with Gasteiger partial charge in [-0.05, 0) is 23.8 Å². The van der Waals surface area contributed by atoms with Crippen molar-refractivity contribution in [2.45, 2.75) is 12.5 Å². The summed E-state index contributed by atoms with van der Waals surface area (Å²) in [5.74, 6) is -5.57. The number of fused-ring (bicyclic) bond motifs is 1. The summed E-state index contributed by atoms with van der Waals surface area (Å²) in [5, 5.41) is 8.64. The van der Waals surface area contributed by atoms with Crippen molar-refractivity contribution in [2.75, 3.05) is 4.90 Å². The van der Waals surface area contributed by atoms with E-state index in [4.69, 9.17) is 5.21 Å². The van der Waals surface area contributed by atoms with Crippen molar-refractivity contribution >= 4 is 17.5 Å². The quantitative estimate of drug-likeness (QED) is 0.674. The van der Waals surface area contributed by atoms with Crippen LogP contribution in [-0.2, 0) is 17.3 Å². The molecule has 0 saturated carbocycles. The molecule has 118 valence electrons. The Balaban J connectivity index is 1.95. The molecule has 2 N–H and O–H groups in total. The van der Waals surface area contributed by atoms with Crippen LogP contribution in [0.5, 0.6) is 0 Å². The topological polar surface area (TPSA) is 69.6 Å². The Labute approximate surface area is 130 Å². The summed E-state index contributed by atoms with van der Waals surface area (Å²) in [7, 11) is 0. The van der Waals surface area contributed by atoms with Crippen molar-refractivity contribution in [3.63, 3.8) is 0 Å². The van der Waals surface area contributed by atoms with Gasteiger partial charge in [-0.2, -0.15) is 8.78 Å². The van der Waals surface area contributed by atoms with Crippen LogP contribution >= 0.6 is 0 Å². The maximum atomic E-state index is 14.1. The van der Waals surface area contributed by atoms with Crippen molar-refractivity contribution in [2.24, 2.45) is 0 Å². The second-order valence-electron chi connectivity index (χ2n) is 5.12. The number of hydrogen-bond acceptors (Lipinski definition) is 3. The number of nitrogens with one attached hydrogen (secondary N) is 1. The smallest absolute Gasteiger partial charge is 0.302 e. The third kappa shape index (κ3) is 2.44. The third-order valence-electron chi connectivity index (χ3n) is 3.68. The molecule has 0 fully saturated rings. The average molecular weight is 318 g/mol. The molecule has 23 heavy (non-hydrogen) atoms. The number of benzene rings is 2. The Kier molecular flexibility index (Phi) is 3.57. The lowest BCUT2D eigenvalue weighted by Crippen LogP contribution is -2.34. The summed E-state index contributed by atoms with van der Waals surface area (Å²) >= 11 is 0. The number of hydroxylamine groups is 1. The number of amides is 2. The van der Waals surface area contributed by atoms with Crippen LogP contribution in [0.2, 0.25) is 0 Å². The van der Waals surface area contributed by atoms with E-state index in [0.29, 0.717) is 5.56 Å². The predicted octanol–water partition coefficient (Wildman–Crippen LogP) is 2.44. The van der Waals surface area contributed by atoms with Gasteiger partial charge < -0.3 is 4.90 Å². The molecule has 0 unspecified atom stereocenters. The molecule has 1 aliphatic rings. The zero-order valence-electron chi connectivity index (χ0n) is 11.8. The van der Waals surface area contributed by atoms with E-state index in [-0.39, 0.29) is 23.4 Å². The summed E-state index contributed by atoms with van der Waals surface area (Å²) in [6.45, 7) is -0.0992. The molecule has 7 heteroatoms. The van der Waals surface area contributed by atoms with Crippen LogP contribution in [0.25, 0.3) is 0 Å². The number of halogens is 2. The Hall–Kier alpha value is -2.80. The van der Waals surface area contributed by atoms with Gasteiger partial charge in [0.05, 0.1) is 17.8 Å². The lowest BCUT2D eigenvalue weighted by atomic mass is 10.1. The first kappa shape index (κ1) is 15.1. The number of para-hydroxylation sites is 1. The molecule has 0 spiro atoms. The minimum Gasteiger partial charge on any atom is -0.302 e. The SMILES string of the molecule is O=C(NO)c1cccc(CN2C(=O)C(F)(F)c3ccccc32)c1. The highest BCUT2D eigenvalue weighted by atomic mass is 19.3. The molecule has 0 bridgehead atoms. The zero-order chi connectivity index (χ0) is 16.6. The van der Waals surface area contributed by atoms with Crippen molar-refractivity contribution in [3.8, 4) is 0 Å². The monoisotopic (exact) mass is 318 g/mol. The summed E-state index contributed by atoms with van der Waals surface area (Å²) in [6, 6.07) is 11.8. The fourth-order valence-electron chi connectivity index (χ4n) is 2.58. The van der Waals surface area contributed by atoms with Crippen LogP contribution in [0.1, 0.15) is 21.5 Å². The van der Waals surface area contributed by atoms with Crippen LogP contribution in [0.3, 0.4) is 0 Å². The number of anilines is 1. The molecule has 0 aliphatic carbocycles. The lowest BCUT2D eigenvalue weighted by Gasteiger charge is -2.17. The number of hydrogen-bond donors (Lipinski definition) is 2. The molecular weight excluding hydrogens is 306 g/mol. The highest BCUT2D eigenvalue weighted by Crippen LogP contribution is 2.44. The molecule has 2 aromatic rings. The van der Waals surface area contributed by atoms with E-state index in [9.17, 15) is 18.4 Å². The Bertz CT molecular complexity index is 792. The van der Waals surface area contributed by atoms with Gasteiger partial charge in [0.1, 0.15) is 0 Å². The maximum absolute atomic E-state index is 14.1. The van der Waals surface area contributed by atoms with Gasteiger partial charge in [-0.1, -0.05) is 30.3 Å². The van der Waals surface area contributed by atoms with E-state index in [1.165, 1.54) is 35.8 Å². The fourth-order valence-corrected chi connectivity index (χ4v) is 2.58. The largest absolute Gasteiger partial charge is 0.352 e. The summed E-state index contributed by atoms with van der Waals surface area (Å²) < 4.78 is 28.1. The van der Waals surface area contributed by atoms with Gasteiger partial charge in [0.2, 0.25) is 0 Å². The molecule has 3 rings (SSSR count). The van der Waals surface area contributed by atoms with Gasteiger partial charge in [-0.25, -0.2) is 5.48 Å². The van der Waals surface area contributed by atoms with E-state index < -0.39 is 17.7 Å². The van der Waals surface area contributed by atoms with E-state index in [1.807, 2.05) is 0 Å². The first-order valence-corrected chi connectivity index (χ1v) is 6.78. The van der Waals surface area contributed by atoms with E-state index in [0.717, 1.165) is 4.90 Å². The standard InChI is InChI=1S/C16H12F2N2O3/c17-16(18)12-6-1-2-7-13(12)20(15(16)22)9-10-4-3-5-11(8-10)14(21)19-23/h1-8,23H,9H2,(H,19,21). The zero-order valence-corrected chi connectivity index (χ0v) is 11.8. The Morgan fingerprint density at radius 2 is 1.91 bits per heavy atom. The minimum absolute atomic E-state index is 0.0992. The second kappa shape index (κ2) is 5.44. The molecule has 0 radical (unpaired) electrons. The van der Waals surface area contributed by atoms with Crippen LogP contribution in [0.4, 0.5) is 14.5 Å². The minimum atomic E-state index is -3.56. The van der Waals surface area contributed by atoms with Gasteiger partial charge >= 0.3 is 11.8 Å². The third-order valence-corrected chi connectivity index (χ3v) is 3.68.